The van der Waals surface area contributed by atoms with Crippen molar-refractivity contribution < 1.29 is 15.0 Å². The van der Waals surface area contributed by atoms with Gasteiger partial charge < -0.3 is 20.8 Å². The molecule has 1 saturated carbocycles. The van der Waals surface area contributed by atoms with E-state index in [9.17, 15) is 15.0 Å². The van der Waals surface area contributed by atoms with E-state index in [0.29, 0.717) is 17.0 Å². The van der Waals surface area contributed by atoms with Crippen LogP contribution in [0.25, 0.3) is 10.9 Å². The van der Waals surface area contributed by atoms with E-state index < -0.39 is 12.1 Å². The maximum absolute atomic E-state index is 13.0. The molecule has 0 radical (unpaired) electrons. The molecule has 1 amide bonds. The van der Waals surface area contributed by atoms with E-state index in [1.807, 2.05) is 36.4 Å². The van der Waals surface area contributed by atoms with Gasteiger partial charge in [-0.25, -0.2) is 9.97 Å². The summed E-state index contributed by atoms with van der Waals surface area (Å²) in [7, 11) is 0. The van der Waals surface area contributed by atoms with Gasteiger partial charge in [-0.15, -0.1) is 0 Å². The third-order valence-electron chi connectivity index (χ3n) is 5.86. The minimum Gasteiger partial charge on any atom is -0.393 e. The predicted molar refractivity (Wildman–Crippen MR) is 120 cm³/mol. The molecule has 1 aromatic heterocycles. The second kappa shape index (κ2) is 9.41. The van der Waals surface area contributed by atoms with E-state index >= 15 is 0 Å². The maximum Gasteiger partial charge on any atom is 0.253 e. The number of carbonyl (C=O) groups excluding carboxylic acids is 1. The Balaban J connectivity index is 1.51. The maximum atomic E-state index is 13.0. The van der Waals surface area contributed by atoms with Crippen molar-refractivity contribution in [1.82, 2.24) is 15.3 Å². The molecule has 162 valence electrons. The van der Waals surface area contributed by atoms with Crippen molar-refractivity contribution in [3.8, 4) is 0 Å². The van der Waals surface area contributed by atoms with Gasteiger partial charge in [0.05, 0.1) is 29.3 Å². The smallest absolute Gasteiger partial charge is 0.253 e. The van der Waals surface area contributed by atoms with Crippen LogP contribution in [0.4, 0.5) is 5.95 Å². The van der Waals surface area contributed by atoms with E-state index in [2.05, 4.69) is 20.6 Å². The van der Waals surface area contributed by atoms with E-state index in [-0.39, 0.29) is 18.1 Å². The van der Waals surface area contributed by atoms with Crippen LogP contribution in [0.1, 0.15) is 54.6 Å². The zero-order valence-corrected chi connectivity index (χ0v) is 17.5. The van der Waals surface area contributed by atoms with Gasteiger partial charge in [0, 0.05) is 17.6 Å². The summed E-state index contributed by atoms with van der Waals surface area (Å²) in [4.78, 5) is 22.0. The molecule has 0 bridgehead atoms. The van der Waals surface area contributed by atoms with Crippen molar-refractivity contribution >= 4 is 22.8 Å². The second-order valence-electron chi connectivity index (χ2n) is 8.20. The molecular weight excluding hydrogens is 392 g/mol. The summed E-state index contributed by atoms with van der Waals surface area (Å²) in [6.45, 7) is 1.78. The van der Waals surface area contributed by atoms with Crippen molar-refractivity contribution in [3.63, 3.8) is 0 Å². The second-order valence-corrected chi connectivity index (χ2v) is 8.20. The summed E-state index contributed by atoms with van der Waals surface area (Å²) in [6, 6.07) is 14.4. The normalized spacial score (nSPS) is 20.7. The molecule has 1 fully saturated rings. The van der Waals surface area contributed by atoms with Gasteiger partial charge in [-0.3, -0.25) is 4.79 Å². The average Bonchev–Trinajstić information content (AvgIpc) is 2.80. The Bertz CT molecular complexity index is 1040. The van der Waals surface area contributed by atoms with Crippen molar-refractivity contribution in [2.45, 2.75) is 56.9 Å². The number of fused-ring (bicyclic) bond motifs is 1. The average molecular weight is 421 g/mol. The molecule has 1 heterocycles. The van der Waals surface area contributed by atoms with Crippen LogP contribution in [0.15, 0.2) is 54.7 Å². The highest BCUT2D eigenvalue weighted by molar-refractivity contribution is 6.05. The van der Waals surface area contributed by atoms with Gasteiger partial charge in [0.2, 0.25) is 5.95 Å². The van der Waals surface area contributed by atoms with Gasteiger partial charge in [-0.05, 0) is 44.2 Å². The standard InChI is InChI=1S/C24H28N4O3/c1-15(22(30)16-6-3-2-4-7-16)26-23(31)20-9-5-8-17-14-25-24(28-21(17)20)27-18-10-12-19(29)13-11-18/h2-9,14-15,18-19,22,29-30H,10-13H2,1H3,(H,26,31)(H,25,27,28)/t15-,18-,19-,22-/m1/s1. The molecule has 4 rings (SSSR count). The first-order valence-corrected chi connectivity index (χ1v) is 10.8. The highest BCUT2D eigenvalue weighted by atomic mass is 16.3. The molecule has 1 aliphatic rings. The van der Waals surface area contributed by atoms with Crippen LogP contribution in [-0.2, 0) is 0 Å². The van der Waals surface area contributed by atoms with E-state index in [1.165, 1.54) is 0 Å². The lowest BCUT2D eigenvalue weighted by Crippen LogP contribution is -2.37. The molecule has 0 spiro atoms. The number of aliphatic hydroxyl groups is 2. The third-order valence-corrected chi connectivity index (χ3v) is 5.86. The van der Waals surface area contributed by atoms with Gasteiger partial charge in [0.25, 0.3) is 5.91 Å². The Labute approximate surface area is 181 Å². The molecule has 31 heavy (non-hydrogen) atoms. The van der Waals surface area contributed by atoms with E-state index in [4.69, 9.17) is 0 Å². The summed E-state index contributed by atoms with van der Waals surface area (Å²) in [5.41, 5.74) is 1.75. The number of para-hydroxylation sites is 1. The molecular formula is C24H28N4O3. The molecule has 4 N–H and O–H groups in total. The Morgan fingerprint density at radius 1 is 1.06 bits per heavy atom. The zero-order valence-electron chi connectivity index (χ0n) is 17.5. The van der Waals surface area contributed by atoms with Crippen molar-refractivity contribution in [3.05, 3.63) is 65.9 Å². The number of hydrogen-bond donors (Lipinski definition) is 4. The lowest BCUT2D eigenvalue weighted by Gasteiger charge is -2.26. The van der Waals surface area contributed by atoms with Gasteiger partial charge in [0.1, 0.15) is 0 Å². The first-order chi connectivity index (χ1) is 15.0. The van der Waals surface area contributed by atoms with Gasteiger partial charge >= 0.3 is 0 Å². The monoisotopic (exact) mass is 420 g/mol. The van der Waals surface area contributed by atoms with Crippen LogP contribution in [0.5, 0.6) is 0 Å². The van der Waals surface area contributed by atoms with Crippen LogP contribution >= 0.6 is 0 Å². The van der Waals surface area contributed by atoms with Crippen molar-refractivity contribution in [2.24, 2.45) is 0 Å². The number of nitrogens with zero attached hydrogens (tertiary/aromatic N) is 2. The Morgan fingerprint density at radius 2 is 1.81 bits per heavy atom. The minimum atomic E-state index is -0.811. The summed E-state index contributed by atoms with van der Waals surface area (Å²) < 4.78 is 0. The molecule has 0 saturated heterocycles. The number of hydrogen-bond acceptors (Lipinski definition) is 6. The quantitative estimate of drug-likeness (QED) is 0.488. The number of nitrogens with one attached hydrogen (secondary N) is 2. The fourth-order valence-electron chi connectivity index (χ4n) is 4.01. The number of rotatable bonds is 6. The number of amides is 1. The fourth-order valence-corrected chi connectivity index (χ4v) is 4.01. The largest absolute Gasteiger partial charge is 0.393 e. The molecule has 2 aromatic carbocycles. The Morgan fingerprint density at radius 3 is 2.55 bits per heavy atom. The molecule has 1 aliphatic carbocycles. The van der Waals surface area contributed by atoms with Gasteiger partial charge in [0.15, 0.2) is 0 Å². The predicted octanol–water partition coefficient (Wildman–Crippen LogP) is 3.20. The zero-order chi connectivity index (χ0) is 21.8. The highest BCUT2D eigenvalue weighted by Gasteiger charge is 2.22. The number of anilines is 1. The molecule has 3 aromatic rings. The first-order valence-electron chi connectivity index (χ1n) is 10.8. The molecule has 7 heteroatoms. The topological polar surface area (TPSA) is 107 Å². The van der Waals surface area contributed by atoms with E-state index in [0.717, 1.165) is 36.6 Å². The Hall–Kier alpha value is -3.03. The Kier molecular flexibility index (Phi) is 6.44. The lowest BCUT2D eigenvalue weighted by atomic mass is 9.93. The van der Waals surface area contributed by atoms with Gasteiger partial charge in [-0.2, -0.15) is 0 Å². The number of aromatic nitrogens is 2. The van der Waals surface area contributed by atoms with Crippen LogP contribution in [-0.4, -0.2) is 44.3 Å². The van der Waals surface area contributed by atoms with Crippen molar-refractivity contribution in [1.29, 1.82) is 0 Å². The summed E-state index contributed by atoms with van der Waals surface area (Å²) in [6.07, 6.45) is 3.93. The van der Waals surface area contributed by atoms with E-state index in [1.54, 1.807) is 25.3 Å². The summed E-state index contributed by atoms with van der Waals surface area (Å²) >= 11 is 0. The van der Waals surface area contributed by atoms with Crippen LogP contribution < -0.4 is 10.6 Å². The summed E-state index contributed by atoms with van der Waals surface area (Å²) in [5, 5.41) is 27.3. The van der Waals surface area contributed by atoms with Crippen LogP contribution in [0.2, 0.25) is 0 Å². The third kappa shape index (κ3) is 5.00. The SMILES string of the molecule is C[C@@H](NC(=O)c1cccc2cnc(N[C@H]3CC[C@H](O)CC3)nc12)[C@@H](O)c1ccccc1. The lowest BCUT2D eigenvalue weighted by molar-refractivity contribution is 0.0853. The molecule has 0 unspecified atom stereocenters. The number of aliphatic hydroxyl groups excluding tert-OH is 2. The number of carbonyl (C=O) groups is 1. The van der Waals surface area contributed by atoms with Crippen LogP contribution in [0, 0.1) is 0 Å². The minimum absolute atomic E-state index is 0.211. The first kappa shape index (κ1) is 21.2. The molecule has 0 aliphatic heterocycles. The van der Waals surface area contributed by atoms with Crippen LogP contribution in [0.3, 0.4) is 0 Å². The fraction of sp³-hybridized carbons (Fsp3) is 0.375. The van der Waals surface area contributed by atoms with Crippen molar-refractivity contribution in [2.75, 3.05) is 5.32 Å². The van der Waals surface area contributed by atoms with Gasteiger partial charge in [-0.1, -0.05) is 42.5 Å². The summed E-state index contributed by atoms with van der Waals surface area (Å²) in [5.74, 6) is 0.185. The highest BCUT2D eigenvalue weighted by Crippen LogP contribution is 2.23. The number of benzene rings is 2. The molecule has 7 nitrogen and oxygen atoms in total. The molecule has 2 atom stereocenters.